The minimum absolute atomic E-state index is 0.327. The van der Waals surface area contributed by atoms with Gasteiger partial charge in [0.2, 0.25) is 0 Å². The Kier molecular flexibility index (Phi) is 4.32. The molecule has 6 heteroatoms. The quantitative estimate of drug-likeness (QED) is 0.387. The van der Waals surface area contributed by atoms with Crippen LogP contribution in [-0.2, 0) is 6.18 Å². The summed E-state index contributed by atoms with van der Waals surface area (Å²) in [5, 5.41) is 10.6. The van der Waals surface area contributed by atoms with Crippen molar-refractivity contribution in [3.05, 3.63) is 83.5 Å². The van der Waals surface area contributed by atoms with Crippen molar-refractivity contribution in [1.29, 1.82) is 0 Å². The van der Waals surface area contributed by atoms with Crippen molar-refractivity contribution in [3.63, 3.8) is 0 Å². The zero-order valence-corrected chi connectivity index (χ0v) is 14.6. The molecule has 134 valence electrons. The Balaban J connectivity index is 1.87. The highest BCUT2D eigenvalue weighted by Crippen LogP contribution is 2.38. The molecule has 0 fully saturated rings. The summed E-state index contributed by atoms with van der Waals surface area (Å²) in [6, 6.07) is 18.6. The summed E-state index contributed by atoms with van der Waals surface area (Å²) in [6.45, 7) is 0. The first-order chi connectivity index (χ1) is 12.9. The Morgan fingerprint density at radius 3 is 2.15 bits per heavy atom. The van der Waals surface area contributed by atoms with Crippen molar-refractivity contribution in [3.8, 4) is 22.4 Å². The average Bonchev–Trinajstić information content (AvgIpc) is 2.67. The Bertz CT molecular complexity index is 1120. The van der Waals surface area contributed by atoms with Crippen molar-refractivity contribution in [2.75, 3.05) is 0 Å². The van der Waals surface area contributed by atoms with Crippen molar-refractivity contribution < 1.29 is 13.2 Å². The van der Waals surface area contributed by atoms with Gasteiger partial charge in [0.25, 0.3) is 0 Å². The molecule has 0 unspecified atom stereocenters. The molecule has 4 aromatic rings. The predicted octanol–water partition coefficient (Wildman–Crippen LogP) is 6.64. The van der Waals surface area contributed by atoms with Gasteiger partial charge in [0.1, 0.15) is 5.69 Å². The molecule has 4 rings (SSSR count). The minimum atomic E-state index is -4.39. The lowest BCUT2D eigenvalue weighted by atomic mass is 9.97. The smallest absolute Gasteiger partial charge is 0.166 e. The molecule has 0 aliphatic heterocycles. The van der Waals surface area contributed by atoms with E-state index in [-0.39, 0.29) is 0 Å². The summed E-state index contributed by atoms with van der Waals surface area (Å²) in [4.78, 5) is 0. The number of halogens is 4. The molecule has 0 atom stereocenters. The maximum atomic E-state index is 12.8. The first-order valence-corrected chi connectivity index (χ1v) is 8.49. The number of fused-ring (bicyclic) bond motifs is 1. The predicted molar refractivity (Wildman–Crippen MR) is 100 cm³/mol. The molecule has 0 saturated carbocycles. The fourth-order valence-electron chi connectivity index (χ4n) is 3.00. The fourth-order valence-corrected chi connectivity index (χ4v) is 3.25. The average molecular weight is 385 g/mol. The standard InChI is InChI=1S/C21H12ClF3N2/c22-18-12-26-27-20(16-6-5-13-3-1-2-4-15(13)11-16)19(18)14-7-9-17(10-8-14)21(23,24)25/h1-12H. The van der Waals surface area contributed by atoms with Crippen molar-refractivity contribution in [2.24, 2.45) is 0 Å². The molecule has 0 spiro atoms. The van der Waals surface area contributed by atoms with Crippen LogP contribution in [0.25, 0.3) is 33.2 Å². The molecule has 0 aliphatic rings. The van der Waals surface area contributed by atoms with Crippen LogP contribution in [0.2, 0.25) is 5.02 Å². The number of rotatable bonds is 2. The first kappa shape index (κ1) is 17.5. The monoisotopic (exact) mass is 384 g/mol. The van der Waals surface area contributed by atoms with Crippen LogP contribution in [0.15, 0.2) is 72.9 Å². The van der Waals surface area contributed by atoms with Crippen molar-refractivity contribution in [1.82, 2.24) is 10.2 Å². The lowest BCUT2D eigenvalue weighted by Crippen LogP contribution is -2.04. The van der Waals surface area contributed by atoms with Gasteiger partial charge in [-0.2, -0.15) is 18.3 Å². The molecular formula is C21H12ClF3N2. The van der Waals surface area contributed by atoms with E-state index in [1.54, 1.807) is 0 Å². The van der Waals surface area contributed by atoms with E-state index in [1.165, 1.54) is 18.3 Å². The van der Waals surface area contributed by atoms with Crippen LogP contribution in [0.5, 0.6) is 0 Å². The summed E-state index contributed by atoms with van der Waals surface area (Å²) < 4.78 is 38.5. The fraction of sp³-hybridized carbons (Fsp3) is 0.0476. The van der Waals surface area contributed by atoms with E-state index in [0.717, 1.165) is 28.5 Å². The molecule has 1 aromatic heterocycles. The number of hydrogen-bond acceptors (Lipinski definition) is 2. The normalized spacial score (nSPS) is 11.7. The van der Waals surface area contributed by atoms with Gasteiger partial charge in [0.05, 0.1) is 16.8 Å². The third kappa shape index (κ3) is 3.38. The second-order valence-electron chi connectivity index (χ2n) is 6.05. The Morgan fingerprint density at radius 1 is 0.778 bits per heavy atom. The number of aromatic nitrogens is 2. The maximum Gasteiger partial charge on any atom is 0.416 e. The summed E-state index contributed by atoms with van der Waals surface area (Å²) in [7, 11) is 0. The molecule has 0 aliphatic carbocycles. The largest absolute Gasteiger partial charge is 0.416 e. The third-order valence-corrected chi connectivity index (χ3v) is 4.61. The van der Waals surface area contributed by atoms with E-state index in [1.807, 2.05) is 42.5 Å². The van der Waals surface area contributed by atoms with Gasteiger partial charge in [0.15, 0.2) is 0 Å². The zero-order chi connectivity index (χ0) is 19.0. The van der Waals surface area contributed by atoms with E-state index in [2.05, 4.69) is 10.2 Å². The number of nitrogens with zero attached hydrogens (tertiary/aromatic N) is 2. The van der Waals surface area contributed by atoms with E-state index >= 15 is 0 Å². The molecule has 3 aromatic carbocycles. The molecule has 0 bridgehead atoms. The second kappa shape index (κ2) is 6.67. The van der Waals surface area contributed by atoms with Gasteiger partial charge in [-0.25, -0.2) is 0 Å². The van der Waals surface area contributed by atoms with E-state index in [0.29, 0.717) is 21.8 Å². The van der Waals surface area contributed by atoms with E-state index < -0.39 is 11.7 Å². The van der Waals surface area contributed by atoms with Gasteiger partial charge >= 0.3 is 6.18 Å². The van der Waals surface area contributed by atoms with Gasteiger partial charge in [-0.15, -0.1) is 5.10 Å². The lowest BCUT2D eigenvalue weighted by molar-refractivity contribution is -0.137. The number of benzene rings is 3. The van der Waals surface area contributed by atoms with Crippen LogP contribution in [-0.4, -0.2) is 10.2 Å². The molecule has 0 saturated heterocycles. The van der Waals surface area contributed by atoms with Gasteiger partial charge in [-0.1, -0.05) is 60.1 Å². The molecule has 1 heterocycles. The highest BCUT2D eigenvalue weighted by atomic mass is 35.5. The molecular weight excluding hydrogens is 373 g/mol. The van der Waals surface area contributed by atoms with Gasteiger partial charge in [0, 0.05) is 11.1 Å². The van der Waals surface area contributed by atoms with Crippen LogP contribution >= 0.6 is 11.6 Å². The second-order valence-corrected chi connectivity index (χ2v) is 6.46. The highest BCUT2D eigenvalue weighted by Gasteiger charge is 2.30. The molecule has 0 N–H and O–H groups in total. The molecule has 2 nitrogen and oxygen atoms in total. The topological polar surface area (TPSA) is 25.8 Å². The summed E-state index contributed by atoms with van der Waals surface area (Å²) >= 11 is 6.34. The van der Waals surface area contributed by atoms with Gasteiger partial charge in [-0.3, -0.25) is 0 Å². The number of alkyl halides is 3. The summed E-state index contributed by atoms with van der Waals surface area (Å²) in [5.41, 5.74) is 1.70. The SMILES string of the molecule is FC(F)(F)c1ccc(-c2c(Cl)cnnc2-c2ccc3ccccc3c2)cc1. The van der Waals surface area contributed by atoms with E-state index in [9.17, 15) is 13.2 Å². The third-order valence-electron chi connectivity index (χ3n) is 4.33. The molecule has 27 heavy (non-hydrogen) atoms. The maximum absolute atomic E-state index is 12.8. The highest BCUT2D eigenvalue weighted by molar-refractivity contribution is 6.33. The Hall–Kier alpha value is -2.92. The zero-order valence-electron chi connectivity index (χ0n) is 13.8. The van der Waals surface area contributed by atoms with Gasteiger partial charge in [-0.05, 0) is 34.5 Å². The van der Waals surface area contributed by atoms with Crippen LogP contribution < -0.4 is 0 Å². The molecule has 0 amide bonds. The summed E-state index contributed by atoms with van der Waals surface area (Å²) in [5.74, 6) is 0. The van der Waals surface area contributed by atoms with Crippen LogP contribution in [0.1, 0.15) is 5.56 Å². The van der Waals surface area contributed by atoms with Crippen LogP contribution in [0.4, 0.5) is 13.2 Å². The van der Waals surface area contributed by atoms with Crippen molar-refractivity contribution in [2.45, 2.75) is 6.18 Å². The molecule has 0 radical (unpaired) electrons. The first-order valence-electron chi connectivity index (χ1n) is 8.11. The number of hydrogen-bond donors (Lipinski definition) is 0. The Labute approximate surface area is 158 Å². The van der Waals surface area contributed by atoms with Crippen LogP contribution in [0.3, 0.4) is 0 Å². The minimum Gasteiger partial charge on any atom is -0.166 e. The van der Waals surface area contributed by atoms with Gasteiger partial charge < -0.3 is 0 Å². The van der Waals surface area contributed by atoms with Crippen LogP contribution in [0, 0.1) is 0 Å². The lowest BCUT2D eigenvalue weighted by Gasteiger charge is -2.12. The van der Waals surface area contributed by atoms with E-state index in [4.69, 9.17) is 11.6 Å². The Morgan fingerprint density at radius 2 is 1.44 bits per heavy atom. The summed E-state index contributed by atoms with van der Waals surface area (Å²) in [6.07, 6.45) is -3.00. The van der Waals surface area contributed by atoms with Crippen molar-refractivity contribution >= 4 is 22.4 Å².